The van der Waals surface area contributed by atoms with Gasteiger partial charge in [-0.1, -0.05) is 125 Å². The lowest BCUT2D eigenvalue weighted by molar-refractivity contribution is -0.132. The van der Waals surface area contributed by atoms with E-state index in [9.17, 15) is 15.2 Å². The molecule has 0 radical (unpaired) electrons. The van der Waals surface area contributed by atoms with E-state index < -0.39 is 14.0 Å². The van der Waals surface area contributed by atoms with E-state index in [1.54, 1.807) is 22.7 Å². The topological polar surface area (TPSA) is 82.8 Å². The minimum Gasteiger partial charge on any atom is -0.494 e. The second kappa shape index (κ2) is 20.3. The predicted octanol–water partition coefficient (Wildman–Crippen LogP) is 12.2. The number of aliphatic carboxylic acids is 1. The van der Waals surface area contributed by atoms with Crippen molar-refractivity contribution in [1.82, 2.24) is 0 Å². The number of hydrogen-bond donors (Lipinski definition) is 1. The summed E-state index contributed by atoms with van der Waals surface area (Å²) in [6.07, 6.45) is 10.9. The summed E-state index contributed by atoms with van der Waals surface area (Å²) in [5, 5.41) is 24.5. The van der Waals surface area contributed by atoms with Crippen molar-refractivity contribution in [2.75, 3.05) is 18.1 Å². The molecule has 0 fully saturated rings. The van der Waals surface area contributed by atoms with Crippen molar-refractivity contribution in [3.63, 3.8) is 0 Å². The first-order chi connectivity index (χ1) is 30.9. The highest BCUT2D eigenvalue weighted by Gasteiger charge is 2.51. The van der Waals surface area contributed by atoms with Gasteiger partial charge in [-0.2, -0.15) is 5.26 Å². The molecule has 3 heterocycles. The van der Waals surface area contributed by atoms with Crippen molar-refractivity contribution in [2.45, 2.75) is 65.2 Å². The van der Waals surface area contributed by atoms with Crippen molar-refractivity contribution < 1.29 is 19.4 Å². The third-order valence-electron chi connectivity index (χ3n) is 11.7. The van der Waals surface area contributed by atoms with Crippen LogP contribution in [0.2, 0.25) is 0 Å². The number of thiophene rings is 2. The summed E-state index contributed by atoms with van der Waals surface area (Å²) in [6.45, 7) is 5.88. The van der Waals surface area contributed by atoms with Crippen molar-refractivity contribution in [3.8, 4) is 37.8 Å². The lowest BCUT2D eigenvalue weighted by atomic mass is 10.1. The number of unbranched alkanes of at least 4 members (excludes halogenated alkanes) is 6. The van der Waals surface area contributed by atoms with Crippen molar-refractivity contribution in [1.29, 1.82) is 5.26 Å². The Labute approximate surface area is 380 Å². The minimum atomic E-state index is -2.83. The van der Waals surface area contributed by atoms with Crippen LogP contribution >= 0.6 is 22.7 Å². The van der Waals surface area contributed by atoms with E-state index in [0.717, 1.165) is 69.9 Å². The number of anilines is 3. The quantitative estimate of drug-likeness (QED) is 0.0355. The minimum absolute atomic E-state index is 0.271. The molecule has 0 unspecified atom stereocenters. The lowest BCUT2D eigenvalue weighted by Gasteiger charge is -2.30. The molecule has 1 aliphatic heterocycles. The number of nitrogens with zero attached hydrogens (tertiary/aromatic N) is 2. The maximum absolute atomic E-state index is 11.9. The highest BCUT2D eigenvalue weighted by molar-refractivity contribution is 7.35. The maximum atomic E-state index is 11.9. The Morgan fingerprint density at radius 1 is 0.635 bits per heavy atom. The van der Waals surface area contributed by atoms with Gasteiger partial charge < -0.3 is 19.5 Å². The van der Waals surface area contributed by atoms with E-state index in [-0.39, 0.29) is 5.57 Å². The molecule has 0 saturated carbocycles. The highest BCUT2D eigenvalue weighted by atomic mass is 32.1. The zero-order chi connectivity index (χ0) is 43.6. The molecular formula is C54H52N2O4S2Si. The number of carbonyl (C=O) groups is 1. The van der Waals surface area contributed by atoms with Crippen LogP contribution in [0.5, 0.6) is 11.5 Å². The van der Waals surface area contributed by atoms with Crippen LogP contribution in [-0.4, -0.2) is 32.4 Å². The maximum Gasteiger partial charge on any atom is 0.346 e. The van der Waals surface area contributed by atoms with Crippen LogP contribution in [0.3, 0.4) is 0 Å². The summed E-state index contributed by atoms with van der Waals surface area (Å²) < 4.78 is 12.2. The van der Waals surface area contributed by atoms with E-state index in [4.69, 9.17) is 9.47 Å². The summed E-state index contributed by atoms with van der Waals surface area (Å²) in [4.78, 5) is 18.5. The number of nitriles is 1. The molecule has 0 atom stereocenters. The molecule has 7 aromatic rings. The third-order valence-corrected chi connectivity index (χ3v) is 19.3. The predicted molar refractivity (Wildman–Crippen MR) is 265 cm³/mol. The van der Waals surface area contributed by atoms with Crippen molar-refractivity contribution in [3.05, 3.63) is 156 Å². The van der Waals surface area contributed by atoms with Crippen LogP contribution < -0.4 is 35.1 Å². The van der Waals surface area contributed by atoms with Crippen molar-refractivity contribution in [2.24, 2.45) is 0 Å². The van der Waals surface area contributed by atoms with Crippen LogP contribution in [0.1, 0.15) is 70.1 Å². The van der Waals surface area contributed by atoms with Gasteiger partial charge in [-0.15, -0.1) is 22.7 Å². The van der Waals surface area contributed by atoms with Crippen LogP contribution in [0.25, 0.3) is 26.3 Å². The van der Waals surface area contributed by atoms with Crippen LogP contribution in [0, 0.1) is 11.3 Å². The standard InChI is InChI=1S/C54H52N2O4S2Si/c1-3-5-7-15-33-59-44-29-25-42(26-30-44)56(43-27-31-45(32-28-43)60-34-16-8-6-4-2)41-23-21-39(22-24-41)49-37-51-53(62-49)52-50(36-46(61-52)35-40(38-55)54(57)58)63(51,47-17-11-9-12-18-47)48-19-13-10-14-20-48/h9-14,17-32,35-37H,3-8,15-16,33-34H2,1-2H3,(H,57,58)/b40-35+. The van der Waals surface area contributed by atoms with E-state index >= 15 is 0 Å². The number of ether oxygens (including phenoxy) is 2. The molecule has 0 spiro atoms. The molecule has 5 aromatic carbocycles. The number of carboxylic acid groups (broad SMARTS) is 1. The summed E-state index contributed by atoms with van der Waals surface area (Å²) >= 11 is 3.36. The Morgan fingerprint density at radius 3 is 1.59 bits per heavy atom. The largest absolute Gasteiger partial charge is 0.494 e. The molecule has 318 valence electrons. The molecule has 0 aliphatic carbocycles. The summed E-state index contributed by atoms with van der Waals surface area (Å²) in [5.41, 5.74) is 3.95. The second-order valence-electron chi connectivity index (χ2n) is 15.9. The molecule has 0 bridgehead atoms. The second-order valence-corrected chi connectivity index (χ2v) is 21.8. The third kappa shape index (κ3) is 9.30. The fourth-order valence-electron chi connectivity index (χ4n) is 8.55. The summed E-state index contributed by atoms with van der Waals surface area (Å²) in [6, 6.07) is 53.5. The molecule has 0 saturated heterocycles. The van der Waals surface area contributed by atoms with Crippen molar-refractivity contribution >= 4 is 80.6 Å². The van der Waals surface area contributed by atoms with Crippen LogP contribution in [0.15, 0.2) is 151 Å². The van der Waals surface area contributed by atoms with E-state index in [1.807, 2.05) is 6.07 Å². The van der Waals surface area contributed by atoms with Gasteiger partial charge in [-0.25, -0.2) is 4.79 Å². The average Bonchev–Trinajstić information content (AvgIpc) is 4.01. The molecule has 63 heavy (non-hydrogen) atoms. The smallest absolute Gasteiger partial charge is 0.346 e. The first-order valence-corrected chi connectivity index (χ1v) is 25.7. The normalized spacial score (nSPS) is 12.6. The number of fused-ring (bicyclic) bond motifs is 3. The Bertz CT molecular complexity index is 2590. The van der Waals surface area contributed by atoms with Gasteiger partial charge in [0.15, 0.2) is 8.07 Å². The number of rotatable bonds is 20. The molecular weight excluding hydrogens is 833 g/mol. The van der Waals surface area contributed by atoms with Gasteiger partial charge in [0, 0.05) is 36.6 Å². The molecule has 2 aromatic heterocycles. The fraction of sp³-hybridized carbons (Fsp3) is 0.222. The highest BCUT2D eigenvalue weighted by Crippen LogP contribution is 2.44. The summed E-state index contributed by atoms with van der Waals surface area (Å²) in [7, 11) is -2.83. The molecule has 1 N–H and O–H groups in total. The van der Waals surface area contributed by atoms with Crippen LogP contribution in [0.4, 0.5) is 17.1 Å². The zero-order valence-electron chi connectivity index (χ0n) is 35.9. The number of carboxylic acids is 1. The van der Waals surface area contributed by atoms with E-state index in [1.165, 1.54) is 75.1 Å². The first kappa shape index (κ1) is 43.5. The van der Waals surface area contributed by atoms with Gasteiger partial charge >= 0.3 is 5.97 Å². The summed E-state index contributed by atoms with van der Waals surface area (Å²) in [5.74, 6) is 0.525. The molecule has 1 aliphatic rings. The Morgan fingerprint density at radius 2 is 1.11 bits per heavy atom. The molecule has 6 nitrogen and oxygen atoms in total. The van der Waals surface area contributed by atoms with Gasteiger partial charge in [0.1, 0.15) is 23.1 Å². The van der Waals surface area contributed by atoms with Crippen LogP contribution in [-0.2, 0) is 4.79 Å². The number of benzene rings is 5. The first-order valence-electron chi connectivity index (χ1n) is 22.1. The van der Waals surface area contributed by atoms with E-state index in [0.29, 0.717) is 0 Å². The molecule has 8 rings (SSSR count). The SMILES string of the molecule is CCCCCCOc1ccc(N(c2ccc(OCCCCCC)cc2)c2ccc(-c3cc4c(s3)-c3sc(/C=C(\C#N)C(=O)O)cc3[Si]4(c3ccccc3)c3ccccc3)cc2)cc1. The van der Waals surface area contributed by atoms with Gasteiger partial charge in [0.2, 0.25) is 0 Å². The fourth-order valence-corrected chi connectivity index (χ4v) is 17.3. The Kier molecular flexibility index (Phi) is 14.0. The van der Waals surface area contributed by atoms with E-state index in [2.05, 4.69) is 164 Å². The monoisotopic (exact) mass is 884 g/mol. The van der Waals surface area contributed by atoms with Gasteiger partial charge in [-0.05, 0) is 118 Å². The van der Waals surface area contributed by atoms with Gasteiger partial charge in [0.25, 0.3) is 0 Å². The average molecular weight is 885 g/mol. The van der Waals surface area contributed by atoms with Gasteiger partial charge in [0.05, 0.1) is 13.2 Å². The van der Waals surface area contributed by atoms with Gasteiger partial charge in [-0.3, -0.25) is 0 Å². The Hall–Kier alpha value is -6.18. The Balaban J connectivity index is 1.16. The molecule has 0 amide bonds. The lowest BCUT2D eigenvalue weighted by Crippen LogP contribution is -2.72. The molecule has 9 heteroatoms. The number of hydrogen-bond acceptors (Lipinski definition) is 7. The zero-order valence-corrected chi connectivity index (χ0v) is 38.5.